The van der Waals surface area contributed by atoms with Crippen molar-refractivity contribution in [1.82, 2.24) is 0 Å². The van der Waals surface area contributed by atoms with Crippen molar-refractivity contribution >= 4 is 23.4 Å². The van der Waals surface area contributed by atoms with Crippen LogP contribution in [0.5, 0.6) is 0 Å². The third-order valence-electron chi connectivity index (χ3n) is 3.23. The fraction of sp³-hybridized carbons (Fsp3) is 0.500. The van der Waals surface area contributed by atoms with E-state index >= 15 is 0 Å². The molecule has 1 aliphatic heterocycles. The fourth-order valence-corrected chi connectivity index (χ4v) is 2.81. The Morgan fingerprint density at radius 3 is 2.83 bits per heavy atom. The molecule has 3 nitrogen and oxygen atoms in total. The third kappa shape index (κ3) is 2.87. The van der Waals surface area contributed by atoms with Gasteiger partial charge in [0.15, 0.2) is 0 Å². The van der Waals surface area contributed by atoms with E-state index in [1.54, 1.807) is 16.7 Å². The van der Waals surface area contributed by atoms with Crippen molar-refractivity contribution in [3.63, 3.8) is 0 Å². The molecule has 0 aromatic heterocycles. The predicted octanol–water partition coefficient (Wildman–Crippen LogP) is 2.94. The minimum absolute atomic E-state index is 0.0659. The van der Waals surface area contributed by atoms with Gasteiger partial charge in [0.05, 0.1) is 5.69 Å². The van der Waals surface area contributed by atoms with Crippen LogP contribution in [0, 0.1) is 0 Å². The summed E-state index contributed by atoms with van der Waals surface area (Å²) in [7, 11) is 1.83. The molecule has 1 aromatic carbocycles. The highest BCUT2D eigenvalue weighted by atomic mass is 32.2. The van der Waals surface area contributed by atoms with Crippen molar-refractivity contribution in [2.24, 2.45) is 0 Å². The van der Waals surface area contributed by atoms with E-state index < -0.39 is 0 Å². The summed E-state index contributed by atoms with van der Waals surface area (Å²) in [5.74, 6) is 0.0659. The van der Waals surface area contributed by atoms with E-state index in [4.69, 9.17) is 4.74 Å². The maximum atomic E-state index is 12.4. The van der Waals surface area contributed by atoms with E-state index in [0.29, 0.717) is 6.61 Å². The van der Waals surface area contributed by atoms with Crippen molar-refractivity contribution in [1.29, 1.82) is 0 Å². The van der Waals surface area contributed by atoms with Crippen LogP contribution in [-0.2, 0) is 9.53 Å². The number of para-hydroxylation sites is 1. The normalized spacial score (nSPS) is 19.6. The molecule has 0 saturated carbocycles. The van der Waals surface area contributed by atoms with E-state index in [2.05, 4.69) is 0 Å². The number of amides is 1. The van der Waals surface area contributed by atoms with Gasteiger partial charge in [-0.3, -0.25) is 4.79 Å². The van der Waals surface area contributed by atoms with Crippen LogP contribution < -0.4 is 4.90 Å². The van der Waals surface area contributed by atoms with Crippen LogP contribution in [-0.4, -0.2) is 31.9 Å². The predicted molar refractivity (Wildman–Crippen MR) is 75.2 cm³/mol. The molecule has 0 bridgehead atoms. The molecule has 1 amide bonds. The highest BCUT2D eigenvalue weighted by Gasteiger charge is 2.26. The van der Waals surface area contributed by atoms with Gasteiger partial charge in [0.25, 0.3) is 5.91 Å². The molecule has 0 N–H and O–H groups in total. The van der Waals surface area contributed by atoms with Crippen LogP contribution in [0.1, 0.15) is 19.3 Å². The second-order valence-corrected chi connectivity index (χ2v) is 5.27. The molecule has 1 saturated heterocycles. The Balaban J connectivity index is 2.14. The number of thioether (sulfide) groups is 1. The minimum Gasteiger partial charge on any atom is -0.368 e. The van der Waals surface area contributed by atoms with Crippen LogP contribution in [0.25, 0.3) is 0 Å². The molecule has 4 heteroatoms. The Labute approximate surface area is 113 Å². The second-order valence-electron chi connectivity index (χ2n) is 4.42. The van der Waals surface area contributed by atoms with Crippen molar-refractivity contribution < 1.29 is 9.53 Å². The Morgan fingerprint density at radius 2 is 2.17 bits per heavy atom. The number of likely N-dealkylation sites (N-methyl/N-ethyl adjacent to an activating group) is 1. The summed E-state index contributed by atoms with van der Waals surface area (Å²) >= 11 is 1.65. The molecule has 18 heavy (non-hydrogen) atoms. The first-order valence-corrected chi connectivity index (χ1v) is 7.48. The molecule has 0 aliphatic carbocycles. The Morgan fingerprint density at radius 1 is 1.39 bits per heavy atom. The fourth-order valence-electron chi connectivity index (χ4n) is 2.18. The van der Waals surface area contributed by atoms with E-state index in [0.717, 1.165) is 29.8 Å². The number of benzene rings is 1. The summed E-state index contributed by atoms with van der Waals surface area (Å²) in [4.78, 5) is 15.2. The van der Waals surface area contributed by atoms with Crippen molar-refractivity contribution in [2.45, 2.75) is 30.3 Å². The summed E-state index contributed by atoms with van der Waals surface area (Å²) in [5, 5.41) is 0. The van der Waals surface area contributed by atoms with Crippen LogP contribution in [0.15, 0.2) is 29.2 Å². The lowest BCUT2D eigenvalue weighted by Crippen LogP contribution is -2.40. The molecule has 1 aliphatic rings. The number of anilines is 1. The summed E-state index contributed by atoms with van der Waals surface area (Å²) in [6, 6.07) is 7.96. The van der Waals surface area contributed by atoms with Crippen LogP contribution >= 0.6 is 11.8 Å². The molecular formula is C14H19NO2S. The Bertz CT molecular complexity index is 416. The highest BCUT2D eigenvalue weighted by Crippen LogP contribution is 2.28. The molecular weight excluding hydrogens is 246 g/mol. The van der Waals surface area contributed by atoms with Gasteiger partial charge in [0.2, 0.25) is 0 Å². The first-order chi connectivity index (χ1) is 8.74. The highest BCUT2D eigenvalue weighted by molar-refractivity contribution is 7.98. The number of carbonyl (C=O) groups is 1. The standard InChI is InChI=1S/C14H19NO2S/c1-15(11-7-3-4-9-13(11)18-2)14(16)12-8-5-6-10-17-12/h3-4,7,9,12H,5-6,8,10H2,1-2H3. The number of hydrogen-bond donors (Lipinski definition) is 0. The molecule has 1 atom stereocenters. The van der Waals surface area contributed by atoms with Crippen LogP contribution in [0.4, 0.5) is 5.69 Å². The monoisotopic (exact) mass is 265 g/mol. The smallest absolute Gasteiger partial charge is 0.255 e. The van der Waals surface area contributed by atoms with Gasteiger partial charge in [-0.25, -0.2) is 0 Å². The van der Waals surface area contributed by atoms with E-state index in [9.17, 15) is 4.79 Å². The number of rotatable bonds is 3. The maximum Gasteiger partial charge on any atom is 0.255 e. The average molecular weight is 265 g/mol. The number of nitrogens with zero attached hydrogens (tertiary/aromatic N) is 1. The molecule has 98 valence electrons. The van der Waals surface area contributed by atoms with Gasteiger partial charge in [-0.05, 0) is 37.7 Å². The Hall–Kier alpha value is -1.00. The van der Waals surface area contributed by atoms with Gasteiger partial charge >= 0.3 is 0 Å². The lowest BCUT2D eigenvalue weighted by molar-refractivity contribution is -0.132. The summed E-state index contributed by atoms with van der Waals surface area (Å²) in [6.07, 6.45) is 4.74. The van der Waals surface area contributed by atoms with Crippen molar-refractivity contribution in [2.75, 3.05) is 24.8 Å². The molecule has 1 fully saturated rings. The minimum atomic E-state index is -0.265. The molecule has 2 rings (SSSR count). The quantitative estimate of drug-likeness (QED) is 0.787. The lowest BCUT2D eigenvalue weighted by atomic mass is 10.1. The zero-order valence-electron chi connectivity index (χ0n) is 10.9. The summed E-state index contributed by atoms with van der Waals surface area (Å²) < 4.78 is 5.56. The van der Waals surface area contributed by atoms with Crippen LogP contribution in [0.2, 0.25) is 0 Å². The number of hydrogen-bond acceptors (Lipinski definition) is 3. The topological polar surface area (TPSA) is 29.5 Å². The summed E-state index contributed by atoms with van der Waals surface area (Å²) in [5.41, 5.74) is 0.962. The third-order valence-corrected chi connectivity index (χ3v) is 4.02. The molecule has 0 radical (unpaired) electrons. The van der Waals surface area contributed by atoms with Gasteiger partial charge in [-0.1, -0.05) is 12.1 Å². The largest absolute Gasteiger partial charge is 0.368 e. The van der Waals surface area contributed by atoms with Gasteiger partial charge < -0.3 is 9.64 Å². The van der Waals surface area contributed by atoms with E-state index in [-0.39, 0.29) is 12.0 Å². The first kappa shape index (κ1) is 13.4. The average Bonchev–Trinajstić information content (AvgIpc) is 2.46. The van der Waals surface area contributed by atoms with Gasteiger partial charge in [-0.15, -0.1) is 11.8 Å². The zero-order chi connectivity index (χ0) is 13.0. The molecule has 1 aromatic rings. The lowest BCUT2D eigenvalue weighted by Gasteiger charge is -2.27. The second kappa shape index (κ2) is 6.25. The summed E-state index contributed by atoms with van der Waals surface area (Å²) in [6.45, 7) is 0.703. The number of carbonyl (C=O) groups excluding carboxylic acids is 1. The van der Waals surface area contributed by atoms with Crippen LogP contribution in [0.3, 0.4) is 0 Å². The van der Waals surface area contributed by atoms with Gasteiger partial charge in [0.1, 0.15) is 6.10 Å². The SMILES string of the molecule is CSc1ccccc1N(C)C(=O)C1CCCCO1. The van der Waals surface area contributed by atoms with Crippen molar-refractivity contribution in [3.05, 3.63) is 24.3 Å². The van der Waals surface area contributed by atoms with Gasteiger partial charge in [-0.2, -0.15) is 0 Å². The molecule has 1 unspecified atom stereocenters. The first-order valence-electron chi connectivity index (χ1n) is 6.26. The Kier molecular flexibility index (Phi) is 4.66. The molecule has 1 heterocycles. The van der Waals surface area contributed by atoms with E-state index in [1.165, 1.54) is 0 Å². The molecule has 0 spiro atoms. The number of ether oxygens (including phenoxy) is 1. The zero-order valence-corrected chi connectivity index (χ0v) is 11.7. The maximum absolute atomic E-state index is 12.4. The van der Waals surface area contributed by atoms with Crippen molar-refractivity contribution in [3.8, 4) is 0 Å². The van der Waals surface area contributed by atoms with E-state index in [1.807, 2.05) is 37.6 Å². The van der Waals surface area contributed by atoms with Gasteiger partial charge in [0, 0.05) is 18.6 Å².